The molecule has 0 radical (unpaired) electrons. The van der Waals surface area contributed by atoms with Gasteiger partial charge in [-0.1, -0.05) is 0 Å². The summed E-state index contributed by atoms with van der Waals surface area (Å²) in [6.07, 6.45) is 0. The van der Waals surface area contributed by atoms with Gasteiger partial charge in [-0.3, -0.25) is 8.42 Å². The maximum absolute atomic E-state index is 9.00. The first-order valence-electron chi connectivity index (χ1n) is 1.45. The van der Waals surface area contributed by atoms with Gasteiger partial charge in [-0.2, -0.15) is 0 Å². The molecule has 0 heterocycles. The predicted octanol–water partition coefficient (Wildman–Crippen LogP) is -4.93. The molecule has 0 saturated heterocycles. The average molecular weight is 213 g/mol. The van der Waals surface area contributed by atoms with E-state index in [2.05, 4.69) is 11.5 Å². The summed E-state index contributed by atoms with van der Waals surface area (Å²) in [6.45, 7) is 0. The molecule has 10 heteroatoms. The third kappa shape index (κ3) is 1510. The van der Waals surface area contributed by atoms with Crippen molar-refractivity contribution in [3.05, 3.63) is 0 Å². The van der Waals surface area contributed by atoms with Gasteiger partial charge in [-0.25, -0.2) is 4.79 Å². The van der Waals surface area contributed by atoms with E-state index < -0.39 is 16.4 Å². The van der Waals surface area contributed by atoms with E-state index in [1.165, 1.54) is 0 Å². The Morgan fingerprint density at radius 1 is 1.18 bits per heavy atom. The Hall–Kier alpha value is 0.736. The first-order chi connectivity index (χ1) is 3.73. The Kier molecular flexibility index (Phi) is 22.1. The number of nitrogens with two attached hydrogens (primary N) is 2. The number of carbonyl (C=O) groups is 1. The van der Waals surface area contributed by atoms with Crippen molar-refractivity contribution in [2.45, 2.75) is 0 Å². The molecule has 8 N–H and O–H groups in total. The summed E-state index contributed by atoms with van der Waals surface area (Å²) in [4.78, 5) is 9.00. The Morgan fingerprint density at radius 2 is 1.18 bits per heavy atom. The van der Waals surface area contributed by atoms with Crippen LogP contribution in [0.15, 0.2) is 0 Å². The van der Waals surface area contributed by atoms with Gasteiger partial charge in [0.2, 0.25) is 0 Å². The van der Waals surface area contributed by atoms with Gasteiger partial charge in [0, 0.05) is 10.4 Å². The van der Waals surface area contributed by atoms with Crippen molar-refractivity contribution in [3.63, 3.8) is 0 Å². The van der Waals surface area contributed by atoms with Crippen LogP contribution in [0.25, 0.3) is 0 Å². The Balaban J connectivity index is -0.0000000383. The molecule has 0 rings (SSSR count). The molecule has 64 valence electrons. The summed E-state index contributed by atoms with van der Waals surface area (Å²) in [6, 6.07) is -0.833. The van der Waals surface area contributed by atoms with Crippen LogP contribution < -0.4 is 69.0 Å². The molecule has 0 atom stereocenters. The normalized spacial score (nSPS) is 7.45. The van der Waals surface area contributed by atoms with Crippen molar-refractivity contribution in [2.24, 2.45) is 11.5 Å². The van der Waals surface area contributed by atoms with Crippen molar-refractivity contribution >= 4 is 16.4 Å². The molecule has 11 heavy (non-hydrogen) atoms. The summed E-state index contributed by atoms with van der Waals surface area (Å²) in [5, 5.41) is 0. The first kappa shape index (κ1) is 22.6. The second-order valence-electron chi connectivity index (χ2n) is 0.811. The summed E-state index contributed by atoms with van der Waals surface area (Å²) < 4.78 is 34.1. The molecule has 0 unspecified atom stereocenters. The van der Waals surface area contributed by atoms with E-state index in [1.54, 1.807) is 0 Å². The molecule has 0 aliphatic carbocycles. The van der Waals surface area contributed by atoms with Crippen LogP contribution in [0.5, 0.6) is 0 Å². The second-order valence-corrected chi connectivity index (χ2v) is 1.63. The van der Waals surface area contributed by atoms with Gasteiger partial charge in [0.25, 0.3) is 0 Å². The van der Waals surface area contributed by atoms with Gasteiger partial charge < -0.3 is 26.7 Å². The van der Waals surface area contributed by atoms with Crippen molar-refractivity contribution in [2.75, 3.05) is 0 Å². The zero-order valence-electron chi connectivity index (χ0n) is 6.10. The molecule has 0 aromatic heterocycles. The van der Waals surface area contributed by atoms with E-state index in [0.717, 1.165) is 0 Å². The van der Waals surface area contributed by atoms with Gasteiger partial charge in [0.15, 0.2) is 0 Å². The Labute approximate surface area is 106 Å². The van der Waals surface area contributed by atoms with Gasteiger partial charge in [-0.05, 0) is 0 Å². The van der Waals surface area contributed by atoms with Crippen molar-refractivity contribution in [1.82, 2.24) is 6.15 Å². The SMILES string of the molecule is NC(N)=O.O=S(=O)([O-])[O-].[K+].[NH4+]. The minimum absolute atomic E-state index is 0. The van der Waals surface area contributed by atoms with Crippen LogP contribution in [0.2, 0.25) is 0 Å². The van der Waals surface area contributed by atoms with Gasteiger partial charge in [0.1, 0.15) is 0 Å². The summed E-state index contributed by atoms with van der Waals surface area (Å²) in [5.74, 6) is 0. The maximum atomic E-state index is 9.00. The smallest absolute Gasteiger partial charge is 0.759 e. The van der Waals surface area contributed by atoms with Crippen molar-refractivity contribution in [3.8, 4) is 0 Å². The summed E-state index contributed by atoms with van der Waals surface area (Å²) >= 11 is 0. The number of carbonyl (C=O) groups excluding carboxylic acids is 1. The molecule has 0 spiro atoms. The largest absolute Gasteiger partial charge is 1.00 e. The zero-order valence-corrected chi connectivity index (χ0v) is 10.0. The maximum Gasteiger partial charge on any atom is 1.00 e. The van der Waals surface area contributed by atoms with Crippen molar-refractivity contribution < 1.29 is 73.7 Å². The number of quaternary nitrogens is 1. The molecule has 0 bridgehead atoms. The summed E-state index contributed by atoms with van der Waals surface area (Å²) in [5.41, 5.74) is 8.50. The molecular weight excluding hydrogens is 205 g/mol. The molecule has 0 aliphatic rings. The van der Waals surface area contributed by atoms with Crippen LogP contribution in [-0.4, -0.2) is 23.6 Å². The average Bonchev–Trinajstić information content (AvgIpc) is 1.19. The quantitative estimate of drug-likeness (QED) is 0.206. The van der Waals surface area contributed by atoms with Crippen molar-refractivity contribution in [1.29, 1.82) is 0 Å². The molecule has 8 nitrogen and oxygen atoms in total. The molecule has 0 aromatic rings. The molecule has 0 aromatic carbocycles. The molecule has 0 aliphatic heterocycles. The fraction of sp³-hybridized carbons (Fsp3) is 0. The monoisotopic (exact) mass is 213 g/mol. The summed E-state index contributed by atoms with van der Waals surface area (Å²) in [7, 11) is -5.17. The minimum Gasteiger partial charge on any atom is -0.759 e. The third-order valence-corrected chi connectivity index (χ3v) is 0. The van der Waals surface area contributed by atoms with E-state index in [0.29, 0.717) is 0 Å². The van der Waals surface area contributed by atoms with E-state index in [4.69, 9.17) is 22.3 Å². The molecule has 0 fully saturated rings. The molecule has 2 amide bonds. The van der Waals surface area contributed by atoms with Crippen LogP contribution in [0, 0.1) is 0 Å². The minimum atomic E-state index is -5.17. The van der Waals surface area contributed by atoms with E-state index in [9.17, 15) is 0 Å². The number of amides is 2. The van der Waals surface area contributed by atoms with Gasteiger partial charge in [0.05, 0.1) is 0 Å². The number of urea groups is 1. The number of hydrogen-bond donors (Lipinski definition) is 3. The van der Waals surface area contributed by atoms with Crippen LogP contribution in [0.3, 0.4) is 0 Å². The second kappa shape index (κ2) is 10.7. The molecule has 0 saturated carbocycles. The van der Waals surface area contributed by atoms with Gasteiger partial charge >= 0.3 is 57.4 Å². The Bertz CT molecular complexity index is 164. The fourth-order valence-electron chi connectivity index (χ4n) is 0. The zero-order chi connectivity index (χ0) is 8.08. The number of hydrogen-bond acceptors (Lipinski definition) is 5. The number of rotatable bonds is 0. The van der Waals surface area contributed by atoms with Crippen LogP contribution in [0.4, 0.5) is 4.79 Å². The standard InChI is InChI=1S/CH4N2O.K.H3N.H2O4S/c2-1(3)4;;;1-5(2,3)4/h(H4,2,3,4);;1H3;(H2,1,2,3,4)/q;+1;;/p-1. The number of primary amides is 2. The van der Waals surface area contributed by atoms with Gasteiger partial charge in [-0.15, -0.1) is 0 Å². The Morgan fingerprint density at radius 3 is 1.18 bits per heavy atom. The van der Waals surface area contributed by atoms with Crippen LogP contribution in [-0.2, 0) is 10.4 Å². The van der Waals surface area contributed by atoms with Crippen LogP contribution in [0.1, 0.15) is 0 Å². The van der Waals surface area contributed by atoms with Crippen LogP contribution >= 0.6 is 0 Å². The fourth-order valence-corrected chi connectivity index (χ4v) is 0. The van der Waals surface area contributed by atoms with E-state index >= 15 is 0 Å². The van der Waals surface area contributed by atoms with E-state index in [-0.39, 0.29) is 57.5 Å². The van der Waals surface area contributed by atoms with E-state index in [1.807, 2.05) is 0 Å². The first-order valence-corrected chi connectivity index (χ1v) is 2.78. The predicted molar refractivity (Wildman–Crippen MR) is 30.2 cm³/mol. The molecular formula is CH8KN3O5S. The third-order valence-electron chi connectivity index (χ3n) is 0. The topological polar surface area (TPSA) is 186 Å².